The minimum atomic E-state index is -4.01. The molecule has 0 aromatic heterocycles. The Balaban J connectivity index is 3.33. The number of nitrogens with zero attached hydrogens (tertiary/aromatic N) is 1. The molecule has 0 saturated carbocycles. The lowest BCUT2D eigenvalue weighted by atomic mass is 10.3. The van der Waals surface area contributed by atoms with Crippen LogP contribution in [0.5, 0.6) is 0 Å². The molecule has 1 rings (SSSR count). The van der Waals surface area contributed by atoms with Gasteiger partial charge < -0.3 is 11.5 Å². The van der Waals surface area contributed by atoms with Crippen molar-refractivity contribution in [3.63, 3.8) is 0 Å². The van der Waals surface area contributed by atoms with E-state index in [0.717, 1.165) is 16.4 Å². The van der Waals surface area contributed by atoms with Crippen LogP contribution in [0.4, 0.5) is 10.1 Å². The number of benzene rings is 1. The summed E-state index contributed by atoms with van der Waals surface area (Å²) in [5, 5.41) is 0. The van der Waals surface area contributed by atoms with Crippen LogP contribution in [0.2, 0.25) is 0 Å². The summed E-state index contributed by atoms with van der Waals surface area (Å²) in [6.45, 7) is 1.13. The Morgan fingerprint density at radius 1 is 1.47 bits per heavy atom. The van der Waals surface area contributed by atoms with Gasteiger partial charge in [0.15, 0.2) is 0 Å². The second-order valence-electron chi connectivity index (χ2n) is 3.70. The topological polar surface area (TPSA) is 106 Å². The van der Waals surface area contributed by atoms with Gasteiger partial charge >= 0.3 is 0 Å². The molecule has 0 aliphatic rings. The fraction of sp³-hybridized carbons (Fsp3) is 0.300. The SMILES string of the molecule is CCN(CC(N)=O)S(=O)(=O)c1cc(Br)c(F)cc1N. The Hall–Kier alpha value is -1.19. The van der Waals surface area contributed by atoms with E-state index < -0.39 is 28.3 Å². The van der Waals surface area contributed by atoms with Gasteiger partial charge in [-0.05, 0) is 28.1 Å². The fourth-order valence-electron chi connectivity index (χ4n) is 1.45. The normalized spacial score (nSPS) is 11.8. The van der Waals surface area contributed by atoms with Gasteiger partial charge in [-0.3, -0.25) is 4.79 Å². The Labute approximate surface area is 118 Å². The molecule has 0 atom stereocenters. The van der Waals surface area contributed by atoms with E-state index in [1.807, 2.05) is 0 Å². The molecule has 0 spiro atoms. The smallest absolute Gasteiger partial charge is 0.245 e. The summed E-state index contributed by atoms with van der Waals surface area (Å²) in [5.74, 6) is -1.46. The molecule has 1 aromatic rings. The van der Waals surface area contributed by atoms with Gasteiger partial charge in [-0.15, -0.1) is 0 Å². The second-order valence-corrected chi connectivity index (χ2v) is 6.46. The number of nitrogen functional groups attached to an aromatic ring is 1. The van der Waals surface area contributed by atoms with Crippen LogP contribution >= 0.6 is 15.9 Å². The van der Waals surface area contributed by atoms with Crippen molar-refractivity contribution in [2.75, 3.05) is 18.8 Å². The van der Waals surface area contributed by atoms with E-state index in [1.54, 1.807) is 6.92 Å². The predicted molar refractivity (Wildman–Crippen MR) is 72.1 cm³/mol. The number of primary amides is 1. The third-order valence-electron chi connectivity index (χ3n) is 2.36. The number of amides is 1. The molecule has 6 nitrogen and oxygen atoms in total. The maximum Gasteiger partial charge on any atom is 0.245 e. The zero-order valence-electron chi connectivity index (χ0n) is 10.1. The molecule has 4 N–H and O–H groups in total. The Morgan fingerprint density at radius 3 is 2.53 bits per heavy atom. The van der Waals surface area contributed by atoms with Gasteiger partial charge in [0.1, 0.15) is 10.7 Å². The summed E-state index contributed by atoms with van der Waals surface area (Å²) in [4.78, 5) is 10.6. The van der Waals surface area contributed by atoms with E-state index in [4.69, 9.17) is 11.5 Å². The van der Waals surface area contributed by atoms with Crippen molar-refractivity contribution >= 4 is 37.5 Å². The van der Waals surface area contributed by atoms with Gasteiger partial charge in [0, 0.05) is 6.54 Å². The summed E-state index contributed by atoms with van der Waals surface area (Å²) in [6, 6.07) is 1.96. The monoisotopic (exact) mass is 353 g/mol. The van der Waals surface area contributed by atoms with Gasteiger partial charge in [-0.25, -0.2) is 12.8 Å². The number of hydrogen-bond acceptors (Lipinski definition) is 4. The van der Waals surface area contributed by atoms with Crippen molar-refractivity contribution in [3.05, 3.63) is 22.4 Å². The van der Waals surface area contributed by atoms with Crippen molar-refractivity contribution < 1.29 is 17.6 Å². The summed E-state index contributed by atoms with van der Waals surface area (Å²) in [7, 11) is -4.01. The molecular weight excluding hydrogens is 341 g/mol. The average molecular weight is 354 g/mol. The van der Waals surface area contributed by atoms with Crippen molar-refractivity contribution in [2.24, 2.45) is 5.73 Å². The molecule has 19 heavy (non-hydrogen) atoms. The number of hydrogen-bond donors (Lipinski definition) is 2. The van der Waals surface area contributed by atoms with Gasteiger partial charge in [0.25, 0.3) is 0 Å². The minimum Gasteiger partial charge on any atom is -0.398 e. The number of anilines is 1. The average Bonchev–Trinajstić information content (AvgIpc) is 2.30. The Morgan fingerprint density at radius 2 is 2.05 bits per heavy atom. The van der Waals surface area contributed by atoms with Crippen molar-refractivity contribution in [1.82, 2.24) is 4.31 Å². The molecule has 0 aliphatic heterocycles. The minimum absolute atomic E-state index is 0.0320. The van der Waals surface area contributed by atoms with E-state index in [0.29, 0.717) is 0 Å². The quantitative estimate of drug-likeness (QED) is 0.758. The second kappa shape index (κ2) is 5.85. The van der Waals surface area contributed by atoms with Crippen LogP contribution in [0.25, 0.3) is 0 Å². The van der Waals surface area contributed by atoms with Crippen molar-refractivity contribution in [3.8, 4) is 0 Å². The maximum absolute atomic E-state index is 13.2. The highest BCUT2D eigenvalue weighted by atomic mass is 79.9. The lowest BCUT2D eigenvalue weighted by Crippen LogP contribution is -2.38. The molecule has 0 heterocycles. The number of likely N-dealkylation sites (N-methyl/N-ethyl adjacent to an activating group) is 1. The summed E-state index contributed by atoms with van der Waals surface area (Å²) in [5.41, 5.74) is 10.3. The summed E-state index contributed by atoms with van der Waals surface area (Å²) < 4.78 is 38.6. The fourth-order valence-corrected chi connectivity index (χ4v) is 3.48. The molecular formula is C10H13BrFN3O3S. The van der Waals surface area contributed by atoms with Crippen LogP contribution < -0.4 is 11.5 Å². The number of carbonyl (C=O) groups is 1. The molecule has 0 radical (unpaired) electrons. The highest BCUT2D eigenvalue weighted by Gasteiger charge is 2.27. The van der Waals surface area contributed by atoms with E-state index >= 15 is 0 Å². The molecule has 0 unspecified atom stereocenters. The van der Waals surface area contributed by atoms with E-state index in [2.05, 4.69) is 15.9 Å². The summed E-state index contributed by atoms with van der Waals surface area (Å²) >= 11 is 2.89. The highest BCUT2D eigenvalue weighted by Crippen LogP contribution is 2.28. The number of sulfonamides is 1. The molecule has 0 fully saturated rings. The van der Waals surface area contributed by atoms with Crippen molar-refractivity contribution in [2.45, 2.75) is 11.8 Å². The van der Waals surface area contributed by atoms with Crippen LogP contribution in [0.1, 0.15) is 6.92 Å². The summed E-state index contributed by atoms with van der Waals surface area (Å²) in [6.07, 6.45) is 0. The highest BCUT2D eigenvalue weighted by molar-refractivity contribution is 9.10. The lowest BCUT2D eigenvalue weighted by molar-refractivity contribution is -0.118. The van der Waals surface area contributed by atoms with Crippen LogP contribution in [-0.2, 0) is 14.8 Å². The number of carbonyl (C=O) groups excluding carboxylic acids is 1. The van der Waals surface area contributed by atoms with Gasteiger partial charge in [0.2, 0.25) is 15.9 Å². The van der Waals surface area contributed by atoms with Crippen LogP contribution in [-0.4, -0.2) is 31.7 Å². The zero-order valence-corrected chi connectivity index (χ0v) is 12.5. The van der Waals surface area contributed by atoms with Crippen LogP contribution in [0.3, 0.4) is 0 Å². The largest absolute Gasteiger partial charge is 0.398 e. The first-order valence-corrected chi connectivity index (χ1v) is 7.46. The van der Waals surface area contributed by atoms with Gasteiger partial charge in [-0.1, -0.05) is 6.92 Å². The van der Waals surface area contributed by atoms with Crippen LogP contribution in [0, 0.1) is 5.82 Å². The number of halogens is 2. The number of nitrogens with two attached hydrogens (primary N) is 2. The van der Waals surface area contributed by atoms with E-state index in [1.165, 1.54) is 0 Å². The third-order valence-corrected chi connectivity index (χ3v) is 4.94. The molecule has 0 saturated heterocycles. The molecule has 1 amide bonds. The lowest BCUT2D eigenvalue weighted by Gasteiger charge is -2.20. The first-order chi connectivity index (χ1) is 8.70. The molecule has 0 aliphatic carbocycles. The van der Waals surface area contributed by atoms with Gasteiger partial charge in [0.05, 0.1) is 16.7 Å². The molecule has 1 aromatic carbocycles. The number of rotatable bonds is 5. The first kappa shape index (κ1) is 15.9. The van der Waals surface area contributed by atoms with E-state index in [-0.39, 0.29) is 21.6 Å². The Bertz CT molecular complexity index is 606. The first-order valence-electron chi connectivity index (χ1n) is 5.23. The zero-order chi connectivity index (χ0) is 14.8. The molecule has 106 valence electrons. The van der Waals surface area contributed by atoms with Crippen molar-refractivity contribution in [1.29, 1.82) is 0 Å². The van der Waals surface area contributed by atoms with E-state index in [9.17, 15) is 17.6 Å². The maximum atomic E-state index is 13.2. The Kier molecular flexibility index (Phi) is 4.88. The molecule has 0 bridgehead atoms. The van der Waals surface area contributed by atoms with Gasteiger partial charge in [-0.2, -0.15) is 4.31 Å². The predicted octanol–water partition coefficient (Wildman–Crippen LogP) is 0.666. The van der Waals surface area contributed by atoms with Crippen LogP contribution in [0.15, 0.2) is 21.5 Å². The molecule has 9 heteroatoms. The standard InChI is InChI=1S/C10H13BrFN3O3S/c1-2-15(5-10(14)16)19(17,18)9-3-6(11)7(12)4-8(9)13/h3-4H,2,5,13H2,1H3,(H2,14,16). The third kappa shape index (κ3) is 3.43.